The Hall–Kier alpha value is -2.65. The number of hydrogen-bond acceptors (Lipinski definition) is 6. The number of benzene rings is 1. The molecule has 212 valence electrons. The van der Waals surface area contributed by atoms with Crippen molar-refractivity contribution in [2.24, 2.45) is 11.8 Å². The number of amides is 3. The number of fused-ring (bicyclic) bond motifs is 4. The molecule has 0 spiro atoms. The molecular weight excluding hydrogens is 494 g/mol. The number of piperazine rings is 1. The largest absolute Gasteiger partial charge is 0.493 e. The summed E-state index contributed by atoms with van der Waals surface area (Å²) in [6, 6.07) is 6.99. The molecule has 39 heavy (non-hydrogen) atoms. The highest BCUT2D eigenvalue weighted by atomic mass is 16.5. The van der Waals surface area contributed by atoms with Gasteiger partial charge in [0.05, 0.1) is 18.7 Å². The molecule has 0 aromatic heterocycles. The van der Waals surface area contributed by atoms with Gasteiger partial charge in [0.25, 0.3) is 0 Å². The molecule has 9 nitrogen and oxygen atoms in total. The first-order valence-electron chi connectivity index (χ1n) is 15.0. The van der Waals surface area contributed by atoms with Gasteiger partial charge >= 0.3 is 0 Å². The number of para-hydroxylation sites is 1. The molecule has 3 N–H and O–H groups in total. The summed E-state index contributed by atoms with van der Waals surface area (Å²) in [6.07, 6.45) is 8.14. The second-order valence-electron chi connectivity index (χ2n) is 12.3. The van der Waals surface area contributed by atoms with Gasteiger partial charge in [-0.2, -0.15) is 0 Å². The second kappa shape index (κ2) is 11.1. The maximum Gasteiger partial charge on any atom is 0.246 e. The maximum absolute atomic E-state index is 14.4. The van der Waals surface area contributed by atoms with E-state index in [1.165, 1.54) is 12.8 Å². The van der Waals surface area contributed by atoms with E-state index in [4.69, 9.17) is 4.74 Å². The van der Waals surface area contributed by atoms with E-state index >= 15 is 0 Å². The lowest BCUT2D eigenvalue weighted by molar-refractivity contribution is -0.150. The molecule has 6 rings (SSSR count). The number of rotatable bonds is 7. The van der Waals surface area contributed by atoms with Crippen molar-refractivity contribution in [3.63, 3.8) is 0 Å². The molecule has 3 aliphatic heterocycles. The highest BCUT2D eigenvalue weighted by Gasteiger charge is 2.56. The van der Waals surface area contributed by atoms with Crippen LogP contribution in [0.4, 0.5) is 0 Å². The Morgan fingerprint density at radius 1 is 1.03 bits per heavy atom. The van der Waals surface area contributed by atoms with Crippen molar-refractivity contribution in [1.82, 2.24) is 25.8 Å². The molecule has 9 heteroatoms. The van der Waals surface area contributed by atoms with Crippen LogP contribution in [0.5, 0.6) is 5.75 Å². The molecule has 3 heterocycles. The molecule has 0 unspecified atom stereocenters. The molecule has 0 bridgehead atoms. The van der Waals surface area contributed by atoms with Gasteiger partial charge in [-0.1, -0.05) is 37.5 Å². The van der Waals surface area contributed by atoms with Gasteiger partial charge in [-0.05, 0) is 57.6 Å². The van der Waals surface area contributed by atoms with Crippen LogP contribution >= 0.6 is 0 Å². The third kappa shape index (κ3) is 5.27. The van der Waals surface area contributed by atoms with Crippen molar-refractivity contribution in [1.29, 1.82) is 0 Å². The predicted octanol–water partition coefficient (Wildman–Crippen LogP) is 1.97. The van der Waals surface area contributed by atoms with Crippen molar-refractivity contribution < 1.29 is 19.1 Å². The number of ether oxygens (including phenoxy) is 1. The lowest BCUT2D eigenvalue weighted by atomic mass is 9.82. The summed E-state index contributed by atoms with van der Waals surface area (Å²) in [4.78, 5) is 45.7. The van der Waals surface area contributed by atoms with Gasteiger partial charge in [0, 0.05) is 37.2 Å². The zero-order chi connectivity index (χ0) is 27.1. The monoisotopic (exact) mass is 537 g/mol. The molecule has 2 saturated heterocycles. The quantitative estimate of drug-likeness (QED) is 0.492. The maximum atomic E-state index is 14.4. The van der Waals surface area contributed by atoms with Crippen LogP contribution in [0.2, 0.25) is 0 Å². The molecule has 5 aliphatic rings. The van der Waals surface area contributed by atoms with Crippen LogP contribution in [0.1, 0.15) is 69.9 Å². The van der Waals surface area contributed by atoms with Crippen molar-refractivity contribution in [3.8, 4) is 5.75 Å². The van der Waals surface area contributed by atoms with Crippen LogP contribution in [0.3, 0.4) is 0 Å². The Balaban J connectivity index is 1.25. The minimum Gasteiger partial charge on any atom is -0.493 e. The summed E-state index contributed by atoms with van der Waals surface area (Å²) in [5.74, 6) is 1.24. The van der Waals surface area contributed by atoms with Gasteiger partial charge < -0.3 is 25.6 Å². The summed E-state index contributed by atoms with van der Waals surface area (Å²) < 4.78 is 5.81. The lowest BCUT2D eigenvalue weighted by Gasteiger charge is -2.46. The Labute approximate surface area is 231 Å². The number of carbonyl (C=O) groups excluding carboxylic acids is 3. The van der Waals surface area contributed by atoms with Crippen molar-refractivity contribution >= 4 is 17.7 Å². The first-order valence-corrected chi connectivity index (χ1v) is 15.0. The smallest absolute Gasteiger partial charge is 0.246 e. The van der Waals surface area contributed by atoms with E-state index < -0.39 is 18.1 Å². The fourth-order valence-corrected chi connectivity index (χ4v) is 7.43. The summed E-state index contributed by atoms with van der Waals surface area (Å²) >= 11 is 0. The molecular formula is C30H43N5O4. The molecule has 4 fully saturated rings. The molecule has 3 amide bonds. The molecule has 1 aromatic rings. The van der Waals surface area contributed by atoms with E-state index in [9.17, 15) is 14.4 Å². The van der Waals surface area contributed by atoms with E-state index in [1.54, 1.807) is 7.05 Å². The van der Waals surface area contributed by atoms with Crippen LogP contribution in [-0.2, 0) is 14.4 Å². The van der Waals surface area contributed by atoms with E-state index in [0.29, 0.717) is 44.1 Å². The number of nitrogens with zero attached hydrogens (tertiary/aromatic N) is 2. The fourth-order valence-electron chi connectivity index (χ4n) is 7.43. The predicted molar refractivity (Wildman–Crippen MR) is 147 cm³/mol. The summed E-state index contributed by atoms with van der Waals surface area (Å²) in [6.45, 7) is 3.47. The average molecular weight is 538 g/mol. The van der Waals surface area contributed by atoms with Crippen molar-refractivity contribution in [2.75, 3.05) is 26.7 Å². The van der Waals surface area contributed by atoms with E-state index in [1.807, 2.05) is 36.1 Å². The first-order chi connectivity index (χ1) is 18.9. The SMILES string of the molecule is CN[C@@H](C)C(=O)N[C@H](C(=O)N1C[C@@H]2C[C@@H]3C[C@@H]3N2C[C@H]1C(=O)N[C@@H]1CCOc2ccccc21)C1CCCCC1. The summed E-state index contributed by atoms with van der Waals surface area (Å²) in [5, 5.41) is 9.39. The molecule has 2 aliphatic carbocycles. The summed E-state index contributed by atoms with van der Waals surface area (Å²) in [7, 11) is 1.75. The second-order valence-corrected chi connectivity index (χ2v) is 12.3. The number of hydrogen-bond donors (Lipinski definition) is 3. The topological polar surface area (TPSA) is 103 Å². The van der Waals surface area contributed by atoms with Gasteiger partial charge in [0.1, 0.15) is 17.8 Å². The van der Waals surface area contributed by atoms with Crippen molar-refractivity contribution in [2.45, 2.75) is 94.5 Å². The van der Waals surface area contributed by atoms with E-state index in [0.717, 1.165) is 43.4 Å². The third-order valence-electron chi connectivity index (χ3n) is 9.89. The van der Waals surface area contributed by atoms with E-state index in [2.05, 4.69) is 20.9 Å². The number of piperidine rings is 1. The first kappa shape index (κ1) is 26.6. The highest BCUT2D eigenvalue weighted by Crippen LogP contribution is 2.49. The Morgan fingerprint density at radius 2 is 1.82 bits per heavy atom. The standard InChI is InChI=1S/C30H43N5O4/c1-18(31-2)28(36)33-27(19-8-4-3-5-9-19)30(38)35-16-21-14-20-15-24(20)34(21)17-25(35)29(37)32-23-12-13-39-26-11-7-6-10-22(23)26/h6-7,10-11,18-21,23-25,27,31H,3-5,8-9,12-17H2,1-2H3,(H,32,37)(H,33,36)/t18-,20+,21-,23+,24-,25-,27-/m0/s1. The lowest BCUT2D eigenvalue weighted by Crippen LogP contribution is -2.67. The molecule has 7 atom stereocenters. The zero-order valence-electron chi connectivity index (χ0n) is 23.2. The Kier molecular flexibility index (Phi) is 7.55. The molecule has 1 aromatic carbocycles. The molecule has 2 saturated carbocycles. The fraction of sp³-hybridized carbons (Fsp3) is 0.700. The summed E-state index contributed by atoms with van der Waals surface area (Å²) in [5.41, 5.74) is 0.987. The number of likely N-dealkylation sites (N-methyl/N-ethyl adjacent to an activating group) is 1. The van der Waals surface area contributed by atoms with Gasteiger partial charge in [-0.15, -0.1) is 0 Å². The van der Waals surface area contributed by atoms with Gasteiger partial charge in [-0.25, -0.2) is 0 Å². The van der Waals surface area contributed by atoms with Gasteiger partial charge in [-0.3, -0.25) is 19.3 Å². The Bertz CT molecular complexity index is 1090. The Morgan fingerprint density at radius 3 is 2.62 bits per heavy atom. The van der Waals surface area contributed by atoms with E-state index in [-0.39, 0.29) is 29.7 Å². The van der Waals surface area contributed by atoms with Gasteiger partial charge in [0.2, 0.25) is 17.7 Å². The van der Waals surface area contributed by atoms with Crippen LogP contribution in [-0.4, -0.2) is 84.5 Å². The van der Waals surface area contributed by atoms with Crippen LogP contribution < -0.4 is 20.7 Å². The highest BCUT2D eigenvalue weighted by molar-refractivity contribution is 5.93. The normalized spacial score (nSPS) is 31.6. The van der Waals surface area contributed by atoms with Crippen LogP contribution in [0.25, 0.3) is 0 Å². The van der Waals surface area contributed by atoms with Gasteiger partial charge in [0.15, 0.2) is 0 Å². The van der Waals surface area contributed by atoms with Crippen LogP contribution in [0.15, 0.2) is 24.3 Å². The minimum absolute atomic E-state index is 0.0914. The number of carbonyl (C=O) groups is 3. The number of nitrogens with one attached hydrogen (secondary N) is 3. The van der Waals surface area contributed by atoms with Crippen molar-refractivity contribution in [3.05, 3.63) is 29.8 Å². The minimum atomic E-state index is -0.602. The molecule has 0 radical (unpaired) electrons. The van der Waals surface area contributed by atoms with Crippen LogP contribution in [0, 0.1) is 11.8 Å². The third-order valence-corrected chi connectivity index (χ3v) is 9.89. The zero-order valence-corrected chi connectivity index (χ0v) is 23.2. The average Bonchev–Trinajstić information content (AvgIpc) is 3.65.